The van der Waals surface area contributed by atoms with Crippen molar-refractivity contribution in [3.63, 3.8) is 0 Å². The van der Waals surface area contributed by atoms with Crippen molar-refractivity contribution in [3.05, 3.63) is 83.1 Å². The molecule has 0 aliphatic heterocycles. The van der Waals surface area contributed by atoms with Crippen molar-refractivity contribution in [1.29, 1.82) is 0 Å². The highest BCUT2D eigenvalue weighted by atomic mass is 19.1. The van der Waals surface area contributed by atoms with Gasteiger partial charge in [0, 0.05) is 23.0 Å². The highest BCUT2D eigenvalue weighted by Gasteiger charge is 2.16. The Bertz CT molecular complexity index is 1190. The van der Waals surface area contributed by atoms with Gasteiger partial charge in [-0.2, -0.15) is 5.10 Å². The first-order valence-electron chi connectivity index (χ1n) is 9.09. The van der Waals surface area contributed by atoms with E-state index in [1.165, 1.54) is 10.7 Å². The number of nitrogens with zero attached hydrogens (tertiary/aromatic N) is 3. The Morgan fingerprint density at radius 1 is 1.03 bits per heavy atom. The number of hydrogen-bond acceptors (Lipinski definition) is 4. The van der Waals surface area contributed by atoms with E-state index < -0.39 is 11.7 Å². The number of hydrogen-bond donors (Lipinski definition) is 1. The number of aromatic nitrogens is 3. The molecule has 2 aromatic heterocycles. The van der Waals surface area contributed by atoms with Crippen LogP contribution in [0.15, 0.2) is 59.1 Å². The Hall–Kier alpha value is -3.74. The van der Waals surface area contributed by atoms with Gasteiger partial charge in [0.1, 0.15) is 11.4 Å². The Balaban J connectivity index is 1.52. The third-order valence-corrected chi connectivity index (χ3v) is 4.52. The molecule has 0 saturated carbocycles. The van der Waals surface area contributed by atoms with Gasteiger partial charge in [-0.25, -0.2) is 9.07 Å². The average Bonchev–Trinajstić information content (AvgIpc) is 3.29. The van der Waals surface area contributed by atoms with E-state index in [0.717, 1.165) is 22.5 Å². The summed E-state index contributed by atoms with van der Waals surface area (Å²) in [5.41, 5.74) is 4.78. The third-order valence-electron chi connectivity index (χ3n) is 4.52. The first-order chi connectivity index (χ1) is 13.9. The average molecular weight is 390 g/mol. The SMILES string of the molecule is Cc1ccc(-c2cc(C(=O)Nc3ccc(-n4nc(C)cc4C)c(F)c3)on2)cc1. The molecule has 1 amide bonds. The van der Waals surface area contributed by atoms with Gasteiger partial charge in [-0.3, -0.25) is 4.79 Å². The van der Waals surface area contributed by atoms with Gasteiger partial charge < -0.3 is 9.84 Å². The third kappa shape index (κ3) is 3.80. The highest BCUT2D eigenvalue weighted by molar-refractivity contribution is 6.02. The van der Waals surface area contributed by atoms with E-state index in [1.807, 2.05) is 51.1 Å². The van der Waals surface area contributed by atoms with Crippen molar-refractivity contribution in [2.75, 3.05) is 5.32 Å². The molecule has 4 aromatic rings. The van der Waals surface area contributed by atoms with Crippen LogP contribution >= 0.6 is 0 Å². The van der Waals surface area contributed by atoms with Crippen LogP contribution in [0.4, 0.5) is 10.1 Å². The summed E-state index contributed by atoms with van der Waals surface area (Å²) in [6, 6.07) is 15.6. The Morgan fingerprint density at radius 2 is 1.79 bits per heavy atom. The predicted molar refractivity (Wildman–Crippen MR) is 108 cm³/mol. The monoisotopic (exact) mass is 390 g/mol. The summed E-state index contributed by atoms with van der Waals surface area (Å²) in [6.45, 7) is 5.69. The van der Waals surface area contributed by atoms with E-state index in [-0.39, 0.29) is 5.76 Å². The number of benzene rings is 2. The van der Waals surface area contributed by atoms with E-state index in [4.69, 9.17) is 4.52 Å². The van der Waals surface area contributed by atoms with Gasteiger partial charge in [-0.05, 0) is 45.0 Å². The molecule has 146 valence electrons. The zero-order valence-electron chi connectivity index (χ0n) is 16.2. The fraction of sp³-hybridized carbons (Fsp3) is 0.136. The number of aryl methyl sites for hydroxylation is 3. The van der Waals surface area contributed by atoms with Crippen LogP contribution in [0.5, 0.6) is 0 Å². The molecule has 0 atom stereocenters. The van der Waals surface area contributed by atoms with E-state index in [0.29, 0.717) is 17.1 Å². The first kappa shape index (κ1) is 18.6. The van der Waals surface area contributed by atoms with Gasteiger partial charge >= 0.3 is 0 Å². The number of nitrogens with one attached hydrogen (secondary N) is 1. The summed E-state index contributed by atoms with van der Waals surface area (Å²) >= 11 is 0. The van der Waals surface area contributed by atoms with Gasteiger partial charge in [0.2, 0.25) is 5.76 Å². The molecule has 0 aliphatic rings. The summed E-state index contributed by atoms with van der Waals surface area (Å²) in [4.78, 5) is 12.5. The van der Waals surface area contributed by atoms with Crippen molar-refractivity contribution in [2.45, 2.75) is 20.8 Å². The quantitative estimate of drug-likeness (QED) is 0.541. The fourth-order valence-electron chi connectivity index (χ4n) is 3.06. The summed E-state index contributed by atoms with van der Waals surface area (Å²) in [6.07, 6.45) is 0. The summed E-state index contributed by atoms with van der Waals surface area (Å²) < 4.78 is 21.3. The molecule has 7 heteroatoms. The van der Waals surface area contributed by atoms with Gasteiger partial charge in [-0.1, -0.05) is 35.0 Å². The molecule has 2 heterocycles. The number of carbonyl (C=O) groups is 1. The maximum absolute atomic E-state index is 14.6. The van der Waals surface area contributed by atoms with Crippen LogP contribution in [-0.2, 0) is 0 Å². The van der Waals surface area contributed by atoms with Crippen molar-refractivity contribution in [3.8, 4) is 16.9 Å². The molecule has 1 N–H and O–H groups in total. The smallest absolute Gasteiger partial charge is 0.294 e. The Morgan fingerprint density at radius 3 is 2.45 bits per heavy atom. The summed E-state index contributed by atoms with van der Waals surface area (Å²) in [5.74, 6) is -0.954. The summed E-state index contributed by atoms with van der Waals surface area (Å²) in [7, 11) is 0. The maximum atomic E-state index is 14.6. The minimum atomic E-state index is -0.505. The summed E-state index contributed by atoms with van der Waals surface area (Å²) in [5, 5.41) is 10.9. The lowest BCUT2D eigenvalue weighted by Crippen LogP contribution is -2.11. The Labute approximate surface area is 167 Å². The molecule has 0 unspecified atom stereocenters. The van der Waals surface area contributed by atoms with Crippen LogP contribution < -0.4 is 5.32 Å². The van der Waals surface area contributed by atoms with E-state index in [2.05, 4.69) is 15.6 Å². The normalized spacial score (nSPS) is 10.9. The van der Waals surface area contributed by atoms with Gasteiger partial charge in [0.25, 0.3) is 5.91 Å². The Kier molecular flexibility index (Phi) is 4.72. The molecule has 4 rings (SSSR count). The number of halogens is 1. The van der Waals surface area contributed by atoms with Crippen LogP contribution in [0, 0.1) is 26.6 Å². The molecule has 0 spiro atoms. The molecule has 0 saturated heterocycles. The second-order valence-electron chi connectivity index (χ2n) is 6.90. The zero-order valence-corrected chi connectivity index (χ0v) is 16.2. The second kappa shape index (κ2) is 7.35. The standard InChI is InChI=1S/C22H19FN4O2/c1-13-4-6-16(7-5-13)19-12-21(29-26-19)22(28)24-17-8-9-20(18(23)11-17)27-15(3)10-14(2)25-27/h4-12H,1-3H3,(H,24,28). The largest absolute Gasteiger partial charge is 0.350 e. The molecule has 0 fully saturated rings. The molecule has 0 aliphatic carbocycles. The van der Waals surface area contributed by atoms with E-state index in [9.17, 15) is 9.18 Å². The van der Waals surface area contributed by atoms with Crippen molar-refractivity contribution < 1.29 is 13.7 Å². The van der Waals surface area contributed by atoms with Crippen LogP contribution in [0.3, 0.4) is 0 Å². The van der Waals surface area contributed by atoms with Crippen LogP contribution in [-0.4, -0.2) is 20.8 Å². The van der Waals surface area contributed by atoms with E-state index >= 15 is 0 Å². The molecular weight excluding hydrogens is 371 g/mol. The molecule has 29 heavy (non-hydrogen) atoms. The molecule has 2 aromatic carbocycles. The van der Waals surface area contributed by atoms with Gasteiger partial charge in [-0.15, -0.1) is 0 Å². The lowest BCUT2D eigenvalue weighted by molar-refractivity contribution is 0.0988. The van der Waals surface area contributed by atoms with Crippen molar-refractivity contribution in [2.24, 2.45) is 0 Å². The van der Waals surface area contributed by atoms with Crippen molar-refractivity contribution >= 4 is 11.6 Å². The lowest BCUT2D eigenvalue weighted by Gasteiger charge is -2.08. The molecule has 6 nitrogen and oxygen atoms in total. The lowest BCUT2D eigenvalue weighted by atomic mass is 10.1. The predicted octanol–water partition coefficient (Wildman–Crippen LogP) is 4.84. The number of anilines is 1. The zero-order chi connectivity index (χ0) is 20.5. The minimum Gasteiger partial charge on any atom is -0.350 e. The van der Waals surface area contributed by atoms with Crippen LogP contribution in [0.1, 0.15) is 27.5 Å². The number of amides is 1. The first-order valence-corrected chi connectivity index (χ1v) is 9.09. The number of rotatable bonds is 4. The van der Waals surface area contributed by atoms with Crippen molar-refractivity contribution in [1.82, 2.24) is 14.9 Å². The van der Waals surface area contributed by atoms with Gasteiger partial charge in [0.15, 0.2) is 5.82 Å². The second-order valence-corrected chi connectivity index (χ2v) is 6.90. The van der Waals surface area contributed by atoms with Crippen LogP contribution in [0.25, 0.3) is 16.9 Å². The maximum Gasteiger partial charge on any atom is 0.294 e. The minimum absolute atomic E-state index is 0.0450. The topological polar surface area (TPSA) is 73.0 Å². The van der Waals surface area contributed by atoms with Gasteiger partial charge in [0.05, 0.1) is 5.69 Å². The number of carbonyl (C=O) groups excluding carboxylic acids is 1. The molecule has 0 radical (unpaired) electrons. The van der Waals surface area contributed by atoms with Crippen LogP contribution in [0.2, 0.25) is 0 Å². The molecule has 0 bridgehead atoms. The fourth-order valence-corrected chi connectivity index (χ4v) is 3.06. The molecular formula is C22H19FN4O2. The highest BCUT2D eigenvalue weighted by Crippen LogP contribution is 2.22. The van der Waals surface area contributed by atoms with E-state index in [1.54, 1.807) is 18.2 Å².